The van der Waals surface area contributed by atoms with E-state index in [1.165, 1.54) is 12.1 Å². The van der Waals surface area contributed by atoms with Crippen molar-refractivity contribution in [1.82, 2.24) is 9.80 Å². The number of alkyl halides is 3. The van der Waals surface area contributed by atoms with Gasteiger partial charge in [0, 0.05) is 18.3 Å². The van der Waals surface area contributed by atoms with E-state index < -0.39 is 11.7 Å². The molecule has 0 aromatic heterocycles. The molecule has 134 valence electrons. The quantitative estimate of drug-likeness (QED) is 0.895. The zero-order valence-corrected chi connectivity index (χ0v) is 14.1. The van der Waals surface area contributed by atoms with Crippen molar-refractivity contribution < 1.29 is 18.0 Å². The molecule has 1 heterocycles. The third kappa shape index (κ3) is 5.12. The van der Waals surface area contributed by atoms with Gasteiger partial charge in [-0.3, -0.25) is 0 Å². The number of urea groups is 1. The number of nitrogens with zero attached hydrogens (tertiary/aromatic N) is 2. The molecule has 0 radical (unpaired) electrons. The molecule has 4 nitrogen and oxygen atoms in total. The molecule has 0 spiro atoms. The Morgan fingerprint density at radius 2 is 1.92 bits per heavy atom. The van der Waals surface area contributed by atoms with Crippen LogP contribution in [0.15, 0.2) is 24.3 Å². The van der Waals surface area contributed by atoms with Gasteiger partial charge < -0.3 is 15.1 Å². The summed E-state index contributed by atoms with van der Waals surface area (Å²) in [6, 6.07) is 4.48. The van der Waals surface area contributed by atoms with Crippen molar-refractivity contribution in [3.8, 4) is 0 Å². The summed E-state index contributed by atoms with van der Waals surface area (Å²) < 4.78 is 37.7. The van der Waals surface area contributed by atoms with Crippen LogP contribution in [0.25, 0.3) is 0 Å². The van der Waals surface area contributed by atoms with Crippen LogP contribution in [0, 0.1) is 0 Å². The van der Waals surface area contributed by atoms with E-state index in [0.717, 1.165) is 44.4 Å². The number of piperidine rings is 1. The number of nitrogens with one attached hydrogen (secondary N) is 1. The number of hydrogen-bond donors (Lipinski definition) is 1. The van der Waals surface area contributed by atoms with Gasteiger partial charge in [-0.05, 0) is 70.6 Å². The summed E-state index contributed by atoms with van der Waals surface area (Å²) in [4.78, 5) is 16.4. The van der Waals surface area contributed by atoms with E-state index in [-0.39, 0.29) is 12.1 Å². The summed E-state index contributed by atoms with van der Waals surface area (Å²) in [5, 5.41) is 2.71. The Bertz CT molecular complexity index is 543. The van der Waals surface area contributed by atoms with Crippen LogP contribution >= 0.6 is 0 Å². The molecule has 1 aromatic rings. The maximum Gasteiger partial charge on any atom is 0.416 e. The smallest absolute Gasteiger partial charge is 0.322 e. The number of hydrogen-bond acceptors (Lipinski definition) is 2. The summed E-state index contributed by atoms with van der Waals surface area (Å²) >= 11 is 0. The SMILES string of the molecule is CN(C)CC[C@H]1CCCCN1C(=O)Nc1ccc(C(F)(F)F)cc1. The minimum Gasteiger partial charge on any atom is -0.322 e. The third-order valence-electron chi connectivity index (χ3n) is 4.26. The van der Waals surface area contributed by atoms with Crippen LogP contribution in [0.3, 0.4) is 0 Å². The van der Waals surface area contributed by atoms with Crippen LogP contribution in [0.4, 0.5) is 23.7 Å². The van der Waals surface area contributed by atoms with Crippen LogP contribution in [0.2, 0.25) is 0 Å². The Balaban J connectivity index is 1.99. The van der Waals surface area contributed by atoms with Gasteiger partial charge in [0.25, 0.3) is 0 Å². The molecule has 0 bridgehead atoms. The fourth-order valence-electron chi connectivity index (χ4n) is 2.91. The normalized spacial score (nSPS) is 18.8. The molecule has 1 N–H and O–H groups in total. The topological polar surface area (TPSA) is 35.6 Å². The van der Waals surface area contributed by atoms with Gasteiger partial charge in [0.1, 0.15) is 0 Å². The molecule has 1 saturated heterocycles. The standard InChI is InChI=1S/C17H24F3N3O/c1-22(2)12-10-15-5-3-4-11-23(15)16(24)21-14-8-6-13(7-9-14)17(18,19)20/h6-9,15H,3-5,10-12H2,1-2H3,(H,21,24)/t15-/m1/s1. The maximum atomic E-state index is 12.6. The van der Waals surface area contributed by atoms with Crippen molar-refractivity contribution in [1.29, 1.82) is 0 Å². The van der Waals surface area contributed by atoms with Crippen LogP contribution in [-0.2, 0) is 6.18 Å². The minimum absolute atomic E-state index is 0.176. The number of amides is 2. The van der Waals surface area contributed by atoms with Crippen molar-refractivity contribution in [2.45, 2.75) is 37.9 Å². The first-order valence-electron chi connectivity index (χ1n) is 8.17. The average Bonchev–Trinajstić information content (AvgIpc) is 2.52. The number of likely N-dealkylation sites (tertiary alicyclic amines) is 1. The molecule has 7 heteroatoms. The molecule has 0 saturated carbocycles. The number of carbonyl (C=O) groups is 1. The van der Waals surface area contributed by atoms with Gasteiger partial charge in [-0.1, -0.05) is 0 Å². The predicted octanol–water partition coefficient (Wildman–Crippen LogP) is 4.04. The molecule has 2 rings (SSSR count). The van der Waals surface area contributed by atoms with E-state index in [9.17, 15) is 18.0 Å². The Hall–Kier alpha value is -1.76. The molecule has 24 heavy (non-hydrogen) atoms. The predicted molar refractivity (Wildman–Crippen MR) is 88.0 cm³/mol. The van der Waals surface area contributed by atoms with Crippen LogP contribution in [-0.4, -0.2) is 49.1 Å². The first-order valence-corrected chi connectivity index (χ1v) is 8.17. The maximum absolute atomic E-state index is 12.6. The van der Waals surface area contributed by atoms with E-state index in [1.807, 2.05) is 19.0 Å². The number of carbonyl (C=O) groups excluding carboxylic acids is 1. The molecule has 1 aliphatic heterocycles. The lowest BCUT2D eigenvalue weighted by Crippen LogP contribution is -2.46. The van der Waals surface area contributed by atoms with Gasteiger partial charge in [0.15, 0.2) is 0 Å². The Labute approximate surface area is 140 Å². The molecule has 0 aliphatic carbocycles. The minimum atomic E-state index is -4.37. The molecular formula is C17H24F3N3O. The highest BCUT2D eigenvalue weighted by Gasteiger charge is 2.30. The summed E-state index contributed by atoms with van der Waals surface area (Å²) in [7, 11) is 3.99. The van der Waals surface area contributed by atoms with E-state index in [1.54, 1.807) is 0 Å². The van der Waals surface area contributed by atoms with E-state index >= 15 is 0 Å². The lowest BCUT2D eigenvalue weighted by atomic mass is 9.99. The molecular weight excluding hydrogens is 319 g/mol. The summed E-state index contributed by atoms with van der Waals surface area (Å²) in [6.45, 7) is 1.58. The lowest BCUT2D eigenvalue weighted by Gasteiger charge is -2.36. The largest absolute Gasteiger partial charge is 0.416 e. The molecule has 2 amide bonds. The molecule has 1 aliphatic rings. The molecule has 1 aromatic carbocycles. The fourth-order valence-corrected chi connectivity index (χ4v) is 2.91. The number of halogens is 3. The second-order valence-corrected chi connectivity index (χ2v) is 6.44. The van der Waals surface area contributed by atoms with Crippen LogP contribution < -0.4 is 5.32 Å². The van der Waals surface area contributed by atoms with Gasteiger partial charge in [-0.25, -0.2) is 4.79 Å². The first-order chi connectivity index (χ1) is 11.3. The van der Waals surface area contributed by atoms with Crippen molar-refractivity contribution >= 4 is 11.7 Å². The zero-order valence-electron chi connectivity index (χ0n) is 14.1. The van der Waals surface area contributed by atoms with Gasteiger partial charge in [-0.2, -0.15) is 13.2 Å². The van der Waals surface area contributed by atoms with Crippen LogP contribution in [0.1, 0.15) is 31.2 Å². The highest BCUT2D eigenvalue weighted by atomic mass is 19.4. The number of benzene rings is 1. The Morgan fingerprint density at radius 1 is 1.25 bits per heavy atom. The van der Waals surface area contributed by atoms with Crippen molar-refractivity contribution in [3.05, 3.63) is 29.8 Å². The number of rotatable bonds is 4. The monoisotopic (exact) mass is 343 g/mol. The fraction of sp³-hybridized carbons (Fsp3) is 0.588. The molecule has 1 atom stereocenters. The third-order valence-corrected chi connectivity index (χ3v) is 4.26. The Morgan fingerprint density at radius 3 is 2.50 bits per heavy atom. The van der Waals surface area contributed by atoms with E-state index in [4.69, 9.17) is 0 Å². The highest BCUT2D eigenvalue weighted by Crippen LogP contribution is 2.30. The second kappa shape index (κ2) is 7.88. The molecule has 0 unspecified atom stereocenters. The van der Waals surface area contributed by atoms with Gasteiger partial charge in [0.05, 0.1) is 5.56 Å². The average molecular weight is 343 g/mol. The zero-order chi connectivity index (χ0) is 17.7. The summed E-state index contributed by atoms with van der Waals surface area (Å²) in [5.74, 6) is 0. The van der Waals surface area contributed by atoms with Crippen molar-refractivity contribution in [2.75, 3.05) is 32.5 Å². The van der Waals surface area contributed by atoms with Crippen molar-refractivity contribution in [2.24, 2.45) is 0 Å². The van der Waals surface area contributed by atoms with E-state index in [0.29, 0.717) is 12.2 Å². The van der Waals surface area contributed by atoms with E-state index in [2.05, 4.69) is 10.2 Å². The second-order valence-electron chi connectivity index (χ2n) is 6.44. The first kappa shape index (κ1) is 18.6. The summed E-state index contributed by atoms with van der Waals surface area (Å²) in [5.41, 5.74) is -0.340. The van der Waals surface area contributed by atoms with Gasteiger partial charge >= 0.3 is 12.2 Å². The number of anilines is 1. The van der Waals surface area contributed by atoms with Crippen molar-refractivity contribution in [3.63, 3.8) is 0 Å². The van der Waals surface area contributed by atoms with Gasteiger partial charge in [0.2, 0.25) is 0 Å². The highest BCUT2D eigenvalue weighted by molar-refractivity contribution is 5.89. The lowest BCUT2D eigenvalue weighted by molar-refractivity contribution is -0.137. The Kier molecular flexibility index (Phi) is 6.10. The molecule has 1 fully saturated rings. The van der Waals surface area contributed by atoms with Crippen LogP contribution in [0.5, 0.6) is 0 Å². The van der Waals surface area contributed by atoms with Gasteiger partial charge in [-0.15, -0.1) is 0 Å². The summed E-state index contributed by atoms with van der Waals surface area (Å²) in [6.07, 6.45) is -0.449.